The van der Waals surface area contributed by atoms with Crippen LogP contribution < -0.4 is 5.73 Å². The van der Waals surface area contributed by atoms with Crippen LogP contribution in [0.3, 0.4) is 0 Å². The topological polar surface area (TPSA) is 29.3 Å². The van der Waals surface area contributed by atoms with Crippen molar-refractivity contribution < 1.29 is 0 Å². The number of benzene rings is 1. The summed E-state index contributed by atoms with van der Waals surface area (Å²) in [5, 5.41) is 0. The summed E-state index contributed by atoms with van der Waals surface area (Å²) in [5.41, 5.74) is 8.35. The molecule has 0 heterocycles. The van der Waals surface area contributed by atoms with E-state index in [1.807, 2.05) is 0 Å². The lowest BCUT2D eigenvalue weighted by Crippen LogP contribution is -2.27. The van der Waals surface area contributed by atoms with Gasteiger partial charge in [0.15, 0.2) is 0 Å². The van der Waals surface area contributed by atoms with Crippen LogP contribution in [0.25, 0.3) is 0 Å². The number of aryl methyl sites for hydroxylation is 1. The van der Waals surface area contributed by atoms with Crippen LogP contribution in [-0.2, 0) is 0 Å². The van der Waals surface area contributed by atoms with Crippen LogP contribution in [0.2, 0.25) is 0 Å². The Morgan fingerprint density at radius 3 is 2.19 bits per heavy atom. The molecule has 2 atom stereocenters. The second kappa shape index (κ2) is 6.02. The van der Waals surface area contributed by atoms with E-state index in [1.54, 1.807) is 0 Å². The molecule has 2 unspecified atom stereocenters. The molecule has 2 nitrogen and oxygen atoms in total. The first-order chi connectivity index (χ1) is 7.56. The van der Waals surface area contributed by atoms with Crippen molar-refractivity contribution >= 4 is 0 Å². The zero-order valence-electron chi connectivity index (χ0n) is 10.9. The van der Waals surface area contributed by atoms with Crippen molar-refractivity contribution in [2.75, 3.05) is 20.6 Å². The van der Waals surface area contributed by atoms with Gasteiger partial charge in [0.2, 0.25) is 0 Å². The molecule has 16 heavy (non-hydrogen) atoms. The van der Waals surface area contributed by atoms with Crippen LogP contribution in [0.5, 0.6) is 0 Å². The quantitative estimate of drug-likeness (QED) is 0.826. The standard InChI is InChI=1S/C14H24N2/c1-11-5-7-13(8-6-11)14(16(3)4)12(2)9-10-15/h5-8,12,14H,9-10,15H2,1-4H3. The van der Waals surface area contributed by atoms with Crippen molar-refractivity contribution in [1.82, 2.24) is 4.90 Å². The Bertz CT molecular complexity index is 303. The zero-order valence-corrected chi connectivity index (χ0v) is 10.9. The lowest BCUT2D eigenvalue weighted by Gasteiger charge is -2.30. The van der Waals surface area contributed by atoms with E-state index < -0.39 is 0 Å². The molecule has 0 spiro atoms. The lowest BCUT2D eigenvalue weighted by molar-refractivity contribution is 0.217. The Morgan fingerprint density at radius 1 is 1.19 bits per heavy atom. The number of nitrogens with zero attached hydrogens (tertiary/aromatic N) is 1. The van der Waals surface area contributed by atoms with Crippen LogP contribution in [-0.4, -0.2) is 25.5 Å². The van der Waals surface area contributed by atoms with Crippen molar-refractivity contribution in [3.05, 3.63) is 35.4 Å². The number of nitrogens with two attached hydrogens (primary N) is 1. The van der Waals surface area contributed by atoms with Crippen LogP contribution in [0.1, 0.15) is 30.5 Å². The molecule has 0 fully saturated rings. The second-order valence-electron chi connectivity index (χ2n) is 4.87. The third kappa shape index (κ3) is 3.32. The Kier molecular flexibility index (Phi) is 4.97. The minimum absolute atomic E-state index is 0.462. The van der Waals surface area contributed by atoms with Crippen LogP contribution in [0.4, 0.5) is 0 Å². The first-order valence-electron chi connectivity index (χ1n) is 5.99. The first-order valence-corrected chi connectivity index (χ1v) is 5.99. The van der Waals surface area contributed by atoms with Crippen LogP contribution in [0, 0.1) is 12.8 Å². The van der Waals surface area contributed by atoms with Gasteiger partial charge in [-0.25, -0.2) is 0 Å². The van der Waals surface area contributed by atoms with Gasteiger partial charge in [0.05, 0.1) is 0 Å². The van der Waals surface area contributed by atoms with Crippen LogP contribution >= 0.6 is 0 Å². The van der Waals surface area contributed by atoms with Gasteiger partial charge < -0.3 is 10.6 Å². The van der Waals surface area contributed by atoms with Gasteiger partial charge in [-0.15, -0.1) is 0 Å². The maximum absolute atomic E-state index is 5.65. The molecule has 0 aliphatic heterocycles. The summed E-state index contributed by atoms with van der Waals surface area (Å²) in [6, 6.07) is 9.28. The van der Waals surface area contributed by atoms with E-state index >= 15 is 0 Å². The molecule has 0 saturated heterocycles. The molecule has 0 bridgehead atoms. The lowest BCUT2D eigenvalue weighted by atomic mass is 9.90. The highest BCUT2D eigenvalue weighted by Gasteiger charge is 2.20. The average Bonchev–Trinajstić information content (AvgIpc) is 2.21. The minimum Gasteiger partial charge on any atom is -0.330 e. The fourth-order valence-corrected chi connectivity index (χ4v) is 2.32. The molecule has 1 aromatic rings. The summed E-state index contributed by atoms with van der Waals surface area (Å²) in [5.74, 6) is 0.586. The highest BCUT2D eigenvalue weighted by atomic mass is 15.1. The van der Waals surface area contributed by atoms with Crippen molar-refractivity contribution in [1.29, 1.82) is 0 Å². The van der Waals surface area contributed by atoms with Gasteiger partial charge in [-0.1, -0.05) is 36.8 Å². The largest absolute Gasteiger partial charge is 0.330 e. The number of hydrogen-bond donors (Lipinski definition) is 1. The Balaban J connectivity index is 2.89. The van der Waals surface area contributed by atoms with Crippen molar-refractivity contribution in [2.45, 2.75) is 26.3 Å². The third-order valence-electron chi connectivity index (χ3n) is 3.14. The van der Waals surface area contributed by atoms with E-state index in [9.17, 15) is 0 Å². The molecule has 0 aromatic heterocycles. The minimum atomic E-state index is 0.462. The zero-order chi connectivity index (χ0) is 12.1. The molecule has 90 valence electrons. The van der Waals surface area contributed by atoms with Crippen molar-refractivity contribution in [3.63, 3.8) is 0 Å². The molecular weight excluding hydrogens is 196 g/mol. The summed E-state index contributed by atoms with van der Waals surface area (Å²) in [7, 11) is 4.27. The molecular formula is C14H24N2. The normalized spacial score (nSPS) is 15.1. The number of hydrogen-bond acceptors (Lipinski definition) is 2. The van der Waals surface area contributed by atoms with Gasteiger partial charge in [-0.3, -0.25) is 0 Å². The maximum atomic E-state index is 5.65. The van der Waals surface area contributed by atoms with Gasteiger partial charge in [0, 0.05) is 6.04 Å². The van der Waals surface area contributed by atoms with E-state index in [0.29, 0.717) is 12.0 Å². The van der Waals surface area contributed by atoms with E-state index in [1.165, 1.54) is 11.1 Å². The van der Waals surface area contributed by atoms with E-state index in [4.69, 9.17) is 5.73 Å². The average molecular weight is 220 g/mol. The van der Waals surface area contributed by atoms with Crippen LogP contribution in [0.15, 0.2) is 24.3 Å². The molecule has 2 N–H and O–H groups in total. The smallest absolute Gasteiger partial charge is 0.0368 e. The molecule has 0 amide bonds. The van der Waals surface area contributed by atoms with Crippen molar-refractivity contribution in [2.24, 2.45) is 11.7 Å². The van der Waals surface area contributed by atoms with E-state index in [-0.39, 0.29) is 0 Å². The first kappa shape index (κ1) is 13.2. The predicted molar refractivity (Wildman–Crippen MR) is 70.4 cm³/mol. The maximum Gasteiger partial charge on any atom is 0.0368 e. The number of rotatable bonds is 5. The Morgan fingerprint density at radius 2 is 1.75 bits per heavy atom. The molecule has 0 saturated carbocycles. The monoisotopic (exact) mass is 220 g/mol. The third-order valence-corrected chi connectivity index (χ3v) is 3.14. The van der Waals surface area contributed by atoms with E-state index in [0.717, 1.165) is 13.0 Å². The Hall–Kier alpha value is -0.860. The van der Waals surface area contributed by atoms with Gasteiger partial charge in [0.1, 0.15) is 0 Å². The molecule has 1 aromatic carbocycles. The molecule has 0 aliphatic carbocycles. The fourth-order valence-electron chi connectivity index (χ4n) is 2.32. The summed E-state index contributed by atoms with van der Waals surface area (Å²) in [6.07, 6.45) is 1.07. The Labute approximate surface area is 99.5 Å². The predicted octanol–water partition coefficient (Wildman–Crippen LogP) is 2.58. The molecule has 1 rings (SSSR count). The van der Waals surface area contributed by atoms with Crippen molar-refractivity contribution in [3.8, 4) is 0 Å². The summed E-state index contributed by atoms with van der Waals surface area (Å²) in [4.78, 5) is 2.28. The molecule has 2 heteroatoms. The fraction of sp³-hybridized carbons (Fsp3) is 0.571. The molecule has 0 radical (unpaired) electrons. The van der Waals surface area contributed by atoms with Gasteiger partial charge in [0.25, 0.3) is 0 Å². The van der Waals surface area contributed by atoms with Gasteiger partial charge >= 0.3 is 0 Å². The van der Waals surface area contributed by atoms with E-state index in [2.05, 4.69) is 57.1 Å². The summed E-state index contributed by atoms with van der Waals surface area (Å²) >= 11 is 0. The van der Waals surface area contributed by atoms with Gasteiger partial charge in [-0.05, 0) is 45.5 Å². The second-order valence-corrected chi connectivity index (χ2v) is 4.87. The summed E-state index contributed by atoms with van der Waals surface area (Å²) in [6.45, 7) is 5.16. The van der Waals surface area contributed by atoms with Gasteiger partial charge in [-0.2, -0.15) is 0 Å². The SMILES string of the molecule is Cc1ccc(C(C(C)CCN)N(C)C)cc1. The molecule has 0 aliphatic rings. The summed E-state index contributed by atoms with van der Waals surface area (Å²) < 4.78 is 0. The highest BCUT2D eigenvalue weighted by Crippen LogP contribution is 2.28. The highest BCUT2D eigenvalue weighted by molar-refractivity contribution is 5.24.